The predicted octanol–water partition coefficient (Wildman–Crippen LogP) is 1.12. The molecule has 0 radical (unpaired) electrons. The van der Waals surface area contributed by atoms with Crippen molar-refractivity contribution in [3.05, 3.63) is 71.8 Å². The van der Waals surface area contributed by atoms with Gasteiger partial charge >= 0.3 is 6.03 Å². The summed E-state index contributed by atoms with van der Waals surface area (Å²) in [5.74, 6) is -0.283. The number of hydrogen-bond donors (Lipinski definition) is 3. The lowest BCUT2D eigenvalue weighted by atomic mass is 10.2. The van der Waals surface area contributed by atoms with Crippen LogP contribution in [0.2, 0.25) is 0 Å². The highest BCUT2D eigenvalue weighted by atomic mass is 16.2. The first kappa shape index (κ1) is 17.7. The predicted molar refractivity (Wildman–Crippen MR) is 93.3 cm³/mol. The highest BCUT2D eigenvalue weighted by molar-refractivity contribution is 5.96. The minimum Gasteiger partial charge on any atom is -0.334 e. The molecule has 2 rings (SSSR count). The van der Waals surface area contributed by atoms with Gasteiger partial charge in [0.2, 0.25) is 0 Å². The summed E-state index contributed by atoms with van der Waals surface area (Å²) in [6.45, 7) is 2.93. The summed E-state index contributed by atoms with van der Waals surface area (Å²) in [6, 6.07) is 18.7. The number of quaternary nitrogens is 1. The molecule has 0 aliphatic heterocycles. The van der Waals surface area contributed by atoms with Gasteiger partial charge in [-0.2, -0.15) is 0 Å². The van der Waals surface area contributed by atoms with E-state index in [4.69, 9.17) is 0 Å². The summed E-state index contributed by atoms with van der Waals surface area (Å²) in [4.78, 5) is 25.1. The molecule has 0 heterocycles. The van der Waals surface area contributed by atoms with Crippen LogP contribution in [-0.2, 0) is 17.9 Å². The normalized spacial score (nSPS) is 12.9. The van der Waals surface area contributed by atoms with Crippen molar-refractivity contribution < 1.29 is 14.5 Å². The second-order valence-electron chi connectivity index (χ2n) is 5.89. The Morgan fingerprint density at radius 1 is 0.958 bits per heavy atom. The Morgan fingerprint density at radius 2 is 1.50 bits per heavy atom. The van der Waals surface area contributed by atoms with Crippen molar-refractivity contribution in [1.29, 1.82) is 0 Å². The lowest BCUT2D eigenvalue weighted by molar-refractivity contribution is -0.908. The summed E-state index contributed by atoms with van der Waals surface area (Å²) in [5, 5.41) is 5.10. The summed E-state index contributed by atoms with van der Waals surface area (Å²) in [7, 11) is 1.94. The van der Waals surface area contributed by atoms with Crippen LogP contribution in [0.1, 0.15) is 18.1 Å². The van der Waals surface area contributed by atoms with Gasteiger partial charge < -0.3 is 10.2 Å². The summed E-state index contributed by atoms with van der Waals surface area (Å²) >= 11 is 0. The Hall–Kier alpha value is -2.66. The maximum Gasteiger partial charge on any atom is 0.321 e. The SMILES string of the molecule is C[C@H](C(=O)NC(=O)NCc1ccccc1)[NH+](C)Cc1ccccc1. The van der Waals surface area contributed by atoms with E-state index in [1.54, 1.807) is 0 Å². The van der Waals surface area contributed by atoms with Gasteiger partial charge in [-0.05, 0) is 12.5 Å². The van der Waals surface area contributed by atoms with Crippen LogP contribution >= 0.6 is 0 Å². The average molecular weight is 326 g/mol. The number of hydrogen-bond acceptors (Lipinski definition) is 2. The van der Waals surface area contributed by atoms with Crippen LogP contribution in [-0.4, -0.2) is 25.0 Å². The van der Waals surface area contributed by atoms with E-state index in [1.807, 2.05) is 74.6 Å². The van der Waals surface area contributed by atoms with Crippen LogP contribution in [0.5, 0.6) is 0 Å². The molecule has 0 bridgehead atoms. The third-order valence-corrected chi connectivity index (χ3v) is 3.99. The first-order valence-corrected chi connectivity index (χ1v) is 8.05. The van der Waals surface area contributed by atoms with E-state index < -0.39 is 6.03 Å². The zero-order valence-electron chi connectivity index (χ0n) is 14.1. The molecule has 0 saturated heterocycles. The highest BCUT2D eigenvalue weighted by Gasteiger charge is 2.23. The summed E-state index contributed by atoms with van der Waals surface area (Å²) in [6.07, 6.45) is 0. The fraction of sp³-hybridized carbons (Fsp3) is 0.263. The molecule has 0 saturated carbocycles. The van der Waals surface area contributed by atoms with Gasteiger partial charge in [-0.1, -0.05) is 60.7 Å². The minimum absolute atomic E-state index is 0.283. The molecule has 126 valence electrons. The monoisotopic (exact) mass is 326 g/mol. The summed E-state index contributed by atoms with van der Waals surface area (Å²) < 4.78 is 0. The fourth-order valence-corrected chi connectivity index (χ4v) is 2.34. The summed E-state index contributed by atoms with van der Waals surface area (Å²) in [5.41, 5.74) is 2.14. The van der Waals surface area contributed by atoms with E-state index in [0.717, 1.165) is 22.6 Å². The molecule has 24 heavy (non-hydrogen) atoms. The lowest BCUT2D eigenvalue weighted by Gasteiger charge is -2.20. The Morgan fingerprint density at radius 3 is 2.08 bits per heavy atom. The molecule has 1 unspecified atom stereocenters. The number of nitrogens with one attached hydrogen (secondary N) is 3. The van der Waals surface area contributed by atoms with Gasteiger partial charge in [-0.3, -0.25) is 10.1 Å². The third kappa shape index (κ3) is 5.52. The molecule has 3 amide bonds. The quantitative estimate of drug-likeness (QED) is 0.745. The third-order valence-electron chi connectivity index (χ3n) is 3.99. The molecule has 0 aliphatic rings. The average Bonchev–Trinajstić information content (AvgIpc) is 2.61. The molecule has 0 aliphatic carbocycles. The highest BCUT2D eigenvalue weighted by Crippen LogP contribution is 1.97. The Kier molecular flexibility index (Phi) is 6.51. The van der Waals surface area contributed by atoms with Gasteiger partial charge in [-0.15, -0.1) is 0 Å². The van der Waals surface area contributed by atoms with Crippen LogP contribution in [0.4, 0.5) is 4.79 Å². The van der Waals surface area contributed by atoms with E-state index in [0.29, 0.717) is 6.54 Å². The van der Waals surface area contributed by atoms with Crippen LogP contribution < -0.4 is 15.5 Å². The molecule has 0 aromatic heterocycles. The van der Waals surface area contributed by atoms with Crippen LogP contribution in [0.25, 0.3) is 0 Å². The van der Waals surface area contributed by atoms with Crippen molar-refractivity contribution in [3.63, 3.8) is 0 Å². The van der Waals surface area contributed by atoms with Gasteiger partial charge in [0.15, 0.2) is 6.04 Å². The van der Waals surface area contributed by atoms with Crippen molar-refractivity contribution in [1.82, 2.24) is 10.6 Å². The van der Waals surface area contributed by atoms with Crippen molar-refractivity contribution in [2.24, 2.45) is 0 Å². The molecule has 0 fully saturated rings. The second-order valence-corrected chi connectivity index (χ2v) is 5.89. The standard InChI is InChI=1S/C19H23N3O2/c1-15(22(2)14-17-11-7-4-8-12-17)18(23)21-19(24)20-13-16-9-5-3-6-10-16/h3-12,15H,13-14H2,1-2H3,(H2,20,21,23,24)/p+1/t15-/m1/s1. The maximum atomic E-state index is 12.2. The number of urea groups is 1. The van der Waals surface area contributed by atoms with Gasteiger partial charge in [0.25, 0.3) is 5.91 Å². The smallest absolute Gasteiger partial charge is 0.321 e. The lowest BCUT2D eigenvalue weighted by Crippen LogP contribution is -3.12. The maximum absolute atomic E-state index is 12.2. The number of rotatable bonds is 6. The van der Waals surface area contributed by atoms with E-state index in [-0.39, 0.29) is 11.9 Å². The topological polar surface area (TPSA) is 62.6 Å². The van der Waals surface area contributed by atoms with Crippen LogP contribution in [0.3, 0.4) is 0 Å². The van der Waals surface area contributed by atoms with Crippen molar-refractivity contribution >= 4 is 11.9 Å². The zero-order valence-corrected chi connectivity index (χ0v) is 14.1. The number of imide groups is 1. The minimum atomic E-state index is -0.469. The fourth-order valence-electron chi connectivity index (χ4n) is 2.34. The molecule has 3 N–H and O–H groups in total. The first-order chi connectivity index (χ1) is 11.6. The van der Waals surface area contributed by atoms with E-state index in [9.17, 15) is 9.59 Å². The molecule has 2 aromatic carbocycles. The number of carbonyl (C=O) groups is 2. The van der Waals surface area contributed by atoms with Gasteiger partial charge in [0.05, 0.1) is 7.05 Å². The molecule has 2 atom stereocenters. The van der Waals surface area contributed by atoms with Gasteiger partial charge in [0, 0.05) is 12.1 Å². The van der Waals surface area contributed by atoms with Crippen LogP contribution in [0.15, 0.2) is 60.7 Å². The molecule has 5 nitrogen and oxygen atoms in total. The number of carbonyl (C=O) groups excluding carboxylic acids is 2. The van der Waals surface area contributed by atoms with Crippen LogP contribution in [0, 0.1) is 0 Å². The molecular formula is C19H24N3O2+. The van der Waals surface area contributed by atoms with E-state index in [1.165, 1.54) is 0 Å². The molecule has 2 aromatic rings. The molecule has 0 spiro atoms. The molecular weight excluding hydrogens is 302 g/mol. The second kappa shape index (κ2) is 8.84. The first-order valence-electron chi connectivity index (χ1n) is 8.05. The Labute approximate surface area is 142 Å². The number of likely N-dealkylation sites (N-methyl/N-ethyl adjacent to an activating group) is 1. The van der Waals surface area contributed by atoms with Gasteiger partial charge in [-0.25, -0.2) is 4.79 Å². The van der Waals surface area contributed by atoms with E-state index >= 15 is 0 Å². The van der Waals surface area contributed by atoms with Crippen molar-refractivity contribution in [2.75, 3.05) is 7.05 Å². The van der Waals surface area contributed by atoms with Crippen molar-refractivity contribution in [3.8, 4) is 0 Å². The zero-order chi connectivity index (χ0) is 17.4. The Balaban J connectivity index is 1.78. The van der Waals surface area contributed by atoms with E-state index in [2.05, 4.69) is 10.6 Å². The number of benzene rings is 2. The Bertz CT molecular complexity index is 659. The van der Waals surface area contributed by atoms with Gasteiger partial charge in [0.1, 0.15) is 6.54 Å². The number of amides is 3. The largest absolute Gasteiger partial charge is 0.334 e. The van der Waals surface area contributed by atoms with Crippen molar-refractivity contribution in [2.45, 2.75) is 26.1 Å². The molecule has 5 heteroatoms.